The van der Waals surface area contributed by atoms with E-state index in [1.807, 2.05) is 5.57 Å². The molecule has 0 nitrogen and oxygen atoms in total. The van der Waals surface area contributed by atoms with Crippen LogP contribution >= 0.6 is 0 Å². The van der Waals surface area contributed by atoms with Crippen LogP contribution in [0.25, 0.3) is 0 Å². The van der Waals surface area contributed by atoms with Crippen LogP contribution in [0.4, 0.5) is 0 Å². The van der Waals surface area contributed by atoms with Crippen LogP contribution < -0.4 is 0 Å². The van der Waals surface area contributed by atoms with Gasteiger partial charge in [0.1, 0.15) is 0 Å². The van der Waals surface area contributed by atoms with Gasteiger partial charge in [-0.25, -0.2) is 0 Å². The fourth-order valence-corrected chi connectivity index (χ4v) is 9.10. The highest BCUT2D eigenvalue weighted by Crippen LogP contribution is 2.52. The molecule has 0 bridgehead atoms. The lowest BCUT2D eigenvalue weighted by molar-refractivity contribution is 0.312. The summed E-state index contributed by atoms with van der Waals surface area (Å²) in [5.74, 6) is 1.93. The molecule has 124 valence electrons. The van der Waals surface area contributed by atoms with Gasteiger partial charge in [-0.2, -0.15) is 0 Å². The van der Waals surface area contributed by atoms with E-state index in [2.05, 4.69) is 42.5 Å². The first-order chi connectivity index (χ1) is 11.3. The molecule has 1 heteroatoms. The Labute approximate surface area is 144 Å². The Morgan fingerprint density at radius 1 is 0.957 bits per heavy atom. The van der Waals surface area contributed by atoms with Crippen molar-refractivity contribution < 1.29 is 0 Å². The first-order valence-electron chi connectivity index (χ1n) is 10.1. The predicted molar refractivity (Wildman–Crippen MR) is 104 cm³/mol. The monoisotopic (exact) mass is 324 g/mol. The molecule has 4 aliphatic rings. The summed E-state index contributed by atoms with van der Waals surface area (Å²) in [6.45, 7) is 0. The minimum Gasteiger partial charge on any atom is -0.0840 e. The van der Waals surface area contributed by atoms with Crippen LogP contribution in [0.2, 0.25) is 10.6 Å². The highest BCUT2D eigenvalue weighted by molar-refractivity contribution is 6.44. The molecule has 4 aliphatic carbocycles. The van der Waals surface area contributed by atoms with Crippen molar-refractivity contribution in [2.75, 3.05) is 0 Å². The quantitative estimate of drug-likeness (QED) is 0.566. The zero-order valence-corrected chi connectivity index (χ0v) is 16.0. The molecule has 3 atom stereocenters. The molecule has 0 saturated heterocycles. The average molecular weight is 325 g/mol. The van der Waals surface area contributed by atoms with E-state index in [1.165, 1.54) is 64.2 Å². The molecule has 2 saturated carbocycles. The van der Waals surface area contributed by atoms with Crippen LogP contribution in [0.5, 0.6) is 0 Å². The van der Waals surface area contributed by atoms with Gasteiger partial charge in [0.15, 0.2) is 0 Å². The maximum atomic E-state index is 2.65. The molecule has 4 rings (SSSR count). The van der Waals surface area contributed by atoms with Gasteiger partial charge in [-0.3, -0.25) is 0 Å². The summed E-state index contributed by atoms with van der Waals surface area (Å²) in [5.41, 5.74) is 2.84. The summed E-state index contributed by atoms with van der Waals surface area (Å²) in [4.78, 5) is 0. The van der Waals surface area contributed by atoms with Gasteiger partial charge in [0.25, 0.3) is 0 Å². The first kappa shape index (κ1) is 15.7. The Hall–Kier alpha value is -0.823. The van der Waals surface area contributed by atoms with Crippen molar-refractivity contribution >= 4 is 9.52 Å². The average Bonchev–Trinajstić information content (AvgIpc) is 2.99. The van der Waals surface area contributed by atoms with Crippen molar-refractivity contribution in [3.63, 3.8) is 0 Å². The van der Waals surface area contributed by atoms with E-state index in [4.69, 9.17) is 0 Å². The van der Waals surface area contributed by atoms with Gasteiger partial charge in [0.2, 0.25) is 0 Å². The number of hydrogen-bond donors (Lipinski definition) is 0. The molecule has 0 heterocycles. The Kier molecular flexibility index (Phi) is 4.75. The van der Waals surface area contributed by atoms with E-state index in [1.54, 1.807) is 0 Å². The topological polar surface area (TPSA) is 0 Å². The van der Waals surface area contributed by atoms with Gasteiger partial charge < -0.3 is 0 Å². The summed E-state index contributed by atoms with van der Waals surface area (Å²) in [6, 6.07) is 0. The number of allylic oxidation sites excluding steroid dienone is 8. The fourth-order valence-electron chi connectivity index (χ4n) is 5.79. The van der Waals surface area contributed by atoms with Gasteiger partial charge in [-0.15, -0.1) is 0 Å². The van der Waals surface area contributed by atoms with Crippen LogP contribution in [0.3, 0.4) is 0 Å². The van der Waals surface area contributed by atoms with Crippen molar-refractivity contribution in [2.45, 2.75) is 74.8 Å². The maximum Gasteiger partial charge on any atom is 0.0404 e. The van der Waals surface area contributed by atoms with Crippen molar-refractivity contribution in [1.82, 2.24) is 0 Å². The second-order valence-electron chi connectivity index (χ2n) is 8.57. The van der Waals surface area contributed by atoms with E-state index in [9.17, 15) is 0 Å². The third-order valence-electron chi connectivity index (χ3n) is 6.95. The van der Waals surface area contributed by atoms with Crippen molar-refractivity contribution in [3.05, 3.63) is 48.1 Å². The number of rotatable bonds is 4. The highest BCUT2D eigenvalue weighted by atomic mass is 28.2. The molecule has 0 amide bonds. The van der Waals surface area contributed by atoms with Gasteiger partial charge in [0.05, 0.1) is 0 Å². The van der Waals surface area contributed by atoms with Gasteiger partial charge >= 0.3 is 0 Å². The molecule has 0 aromatic heterocycles. The summed E-state index contributed by atoms with van der Waals surface area (Å²) in [7, 11) is -0.116. The molecule has 0 spiro atoms. The zero-order valence-electron chi connectivity index (χ0n) is 14.6. The largest absolute Gasteiger partial charge is 0.0840 e. The van der Waals surface area contributed by atoms with Crippen LogP contribution in [-0.2, 0) is 0 Å². The molecular weight excluding hydrogens is 292 g/mol. The molecule has 0 aliphatic heterocycles. The van der Waals surface area contributed by atoms with Gasteiger partial charge in [-0.1, -0.05) is 80.2 Å². The maximum absolute atomic E-state index is 2.65. The second-order valence-corrected chi connectivity index (χ2v) is 11.4. The summed E-state index contributed by atoms with van der Waals surface area (Å²) in [6.07, 6.45) is 31.6. The molecule has 0 aromatic carbocycles. The molecule has 3 unspecified atom stereocenters. The Morgan fingerprint density at radius 2 is 1.87 bits per heavy atom. The minimum absolute atomic E-state index is 0.116. The summed E-state index contributed by atoms with van der Waals surface area (Å²) >= 11 is 0. The summed E-state index contributed by atoms with van der Waals surface area (Å²) in [5, 5.41) is 0.596. The highest BCUT2D eigenvalue weighted by Gasteiger charge is 2.38. The third-order valence-corrected chi connectivity index (χ3v) is 9.94. The first-order valence-corrected chi connectivity index (χ1v) is 11.6. The Bertz CT molecular complexity index is 532. The van der Waals surface area contributed by atoms with Crippen molar-refractivity contribution in [3.8, 4) is 0 Å². The second kappa shape index (κ2) is 6.97. The predicted octanol–water partition coefficient (Wildman–Crippen LogP) is 5.89. The molecule has 0 aromatic rings. The normalized spacial score (nSPS) is 37.5. The zero-order chi connectivity index (χ0) is 15.5. The standard InChI is InChI=1S/C22H32Si/c1-3-9-18(10-4-1)17-22(15-7-2-8-16-22)23-21-14-13-19-11-5-6-12-20(19)21/h2,5-8,12,15,18-19,21H,1,3-4,9-11,13-14,16-17,23H2. The Morgan fingerprint density at radius 3 is 2.70 bits per heavy atom. The van der Waals surface area contributed by atoms with Crippen molar-refractivity contribution in [2.24, 2.45) is 11.8 Å². The smallest absolute Gasteiger partial charge is 0.0404 e. The number of hydrogen-bond acceptors (Lipinski definition) is 0. The lowest BCUT2D eigenvalue weighted by Gasteiger charge is -2.38. The van der Waals surface area contributed by atoms with Crippen molar-refractivity contribution in [1.29, 1.82) is 0 Å². The Balaban J connectivity index is 1.49. The van der Waals surface area contributed by atoms with Crippen LogP contribution in [0.1, 0.15) is 64.2 Å². The van der Waals surface area contributed by atoms with Crippen LogP contribution in [0, 0.1) is 11.8 Å². The lowest BCUT2D eigenvalue weighted by atomic mass is 9.80. The molecule has 0 N–H and O–H groups in total. The van der Waals surface area contributed by atoms with Crippen LogP contribution in [0.15, 0.2) is 48.1 Å². The lowest BCUT2D eigenvalue weighted by Crippen LogP contribution is -2.27. The minimum atomic E-state index is -0.116. The van der Waals surface area contributed by atoms with Gasteiger partial charge in [-0.05, 0) is 54.5 Å². The molecule has 2 fully saturated rings. The molecule has 0 radical (unpaired) electrons. The van der Waals surface area contributed by atoms with E-state index < -0.39 is 0 Å². The molecule has 23 heavy (non-hydrogen) atoms. The fraction of sp³-hybridized carbons (Fsp3) is 0.636. The number of fused-ring (bicyclic) bond motifs is 1. The SMILES string of the molecule is C1=CCC2CCC([SiH2]C3(CC4CCCCC4)C=CC=CC3)C2=C1. The molecular formula is C22H32Si. The summed E-state index contributed by atoms with van der Waals surface area (Å²) < 4.78 is 0. The third kappa shape index (κ3) is 3.50. The van der Waals surface area contributed by atoms with E-state index in [0.717, 1.165) is 17.4 Å². The van der Waals surface area contributed by atoms with Gasteiger partial charge in [0, 0.05) is 9.52 Å². The van der Waals surface area contributed by atoms with E-state index in [-0.39, 0.29) is 9.52 Å². The van der Waals surface area contributed by atoms with Crippen LogP contribution in [-0.4, -0.2) is 9.52 Å². The van der Waals surface area contributed by atoms with E-state index in [0.29, 0.717) is 5.04 Å². The van der Waals surface area contributed by atoms with E-state index >= 15 is 0 Å².